The van der Waals surface area contributed by atoms with Crippen LogP contribution in [0.1, 0.15) is 45.1 Å². The van der Waals surface area contributed by atoms with Gasteiger partial charge in [-0.25, -0.2) is 4.39 Å². The van der Waals surface area contributed by atoms with Crippen molar-refractivity contribution >= 4 is 45.5 Å². The van der Waals surface area contributed by atoms with Gasteiger partial charge in [0.15, 0.2) is 11.6 Å². The van der Waals surface area contributed by atoms with Crippen molar-refractivity contribution in [1.29, 1.82) is 0 Å². The highest BCUT2D eigenvalue weighted by atomic mass is 35.5. The van der Waals surface area contributed by atoms with Crippen molar-refractivity contribution in [2.45, 2.75) is 26.4 Å². The number of aryl methyl sites for hydroxylation is 1. The monoisotopic (exact) mass is 518 g/mol. The maximum atomic E-state index is 13.5. The first-order valence-corrected chi connectivity index (χ1v) is 12.6. The van der Waals surface area contributed by atoms with Crippen LogP contribution in [-0.4, -0.2) is 31.4 Å². The van der Waals surface area contributed by atoms with Crippen LogP contribution >= 0.6 is 22.9 Å². The van der Waals surface area contributed by atoms with Gasteiger partial charge in [-0.15, -0.1) is 21.5 Å². The van der Waals surface area contributed by atoms with E-state index in [1.807, 2.05) is 28.8 Å². The number of carbonyl (C=O) groups excluding carboxylic acids is 1. The molecule has 10 heteroatoms. The number of aromatic nitrogens is 4. The molecule has 36 heavy (non-hydrogen) atoms. The number of aromatic amines is 1. The number of hydrogen-bond acceptors (Lipinski definition) is 5. The van der Waals surface area contributed by atoms with Gasteiger partial charge >= 0.3 is 0 Å². The van der Waals surface area contributed by atoms with Crippen LogP contribution in [0.2, 0.25) is 5.02 Å². The molecule has 0 aliphatic carbocycles. The highest BCUT2D eigenvalue weighted by Gasteiger charge is 2.26. The number of halogens is 2. The van der Waals surface area contributed by atoms with Crippen molar-refractivity contribution in [2.24, 2.45) is 4.99 Å². The number of aliphatic imine (C=N–C) groups is 1. The van der Waals surface area contributed by atoms with Crippen LogP contribution in [0.3, 0.4) is 0 Å². The predicted octanol–water partition coefficient (Wildman–Crippen LogP) is 5.45. The van der Waals surface area contributed by atoms with E-state index in [1.165, 1.54) is 17.0 Å². The summed E-state index contributed by atoms with van der Waals surface area (Å²) < 4.78 is 15.5. The number of fused-ring (bicyclic) bond motifs is 4. The molecule has 2 N–H and O–H groups in total. The fourth-order valence-corrected chi connectivity index (χ4v) is 5.71. The van der Waals surface area contributed by atoms with Crippen LogP contribution in [0, 0.1) is 5.82 Å². The number of nitrogens with one attached hydrogen (secondary N) is 2. The van der Waals surface area contributed by atoms with Crippen LogP contribution in [0.25, 0.3) is 15.9 Å². The Labute approximate surface area is 214 Å². The highest BCUT2D eigenvalue weighted by molar-refractivity contribution is 7.15. The van der Waals surface area contributed by atoms with Crippen LogP contribution in [-0.2, 0) is 19.5 Å². The Hall–Kier alpha value is -3.82. The molecule has 1 amide bonds. The number of hydrogen-bond donors (Lipinski definition) is 2. The standard InChI is InChI=1S/C26H20ClFN6OS/c1-2-16-11-18-24(17-5-3-4-6-19(17)27)29-12-22-32-33-23(34(22)26(18)36-16)13-30-25(35)21-10-14-9-15(28)7-8-20(14)31-21/h3-11,31H,2,12-13H2,1H3,(H,30,35). The fourth-order valence-electron chi connectivity index (χ4n) is 4.35. The second-order valence-electron chi connectivity index (χ2n) is 8.39. The van der Waals surface area contributed by atoms with Gasteiger partial charge in [-0.1, -0.05) is 36.7 Å². The van der Waals surface area contributed by atoms with E-state index in [4.69, 9.17) is 16.6 Å². The van der Waals surface area contributed by atoms with Crippen LogP contribution in [0.15, 0.2) is 59.6 Å². The number of carbonyl (C=O) groups is 1. The summed E-state index contributed by atoms with van der Waals surface area (Å²) in [5.74, 6) is 0.623. The van der Waals surface area contributed by atoms with Gasteiger partial charge in [0, 0.05) is 31.9 Å². The van der Waals surface area contributed by atoms with E-state index in [1.54, 1.807) is 23.5 Å². The molecule has 0 fully saturated rings. The molecular weight excluding hydrogens is 499 g/mol. The molecule has 0 atom stereocenters. The summed E-state index contributed by atoms with van der Waals surface area (Å²) in [5, 5.41) is 13.9. The molecule has 2 aromatic carbocycles. The minimum atomic E-state index is -0.351. The van der Waals surface area contributed by atoms with Gasteiger partial charge in [0.1, 0.15) is 23.1 Å². The Morgan fingerprint density at radius 3 is 2.86 bits per heavy atom. The Morgan fingerprint density at radius 1 is 1.17 bits per heavy atom. The van der Waals surface area contributed by atoms with E-state index >= 15 is 0 Å². The van der Waals surface area contributed by atoms with Gasteiger partial charge in [0.2, 0.25) is 0 Å². The molecule has 180 valence electrons. The molecule has 4 heterocycles. The van der Waals surface area contributed by atoms with Crippen molar-refractivity contribution in [3.63, 3.8) is 0 Å². The minimum absolute atomic E-state index is 0.162. The smallest absolute Gasteiger partial charge is 0.268 e. The third kappa shape index (κ3) is 3.90. The van der Waals surface area contributed by atoms with Gasteiger partial charge in [-0.3, -0.25) is 14.4 Å². The molecule has 1 aliphatic rings. The van der Waals surface area contributed by atoms with Gasteiger partial charge in [-0.05, 0) is 42.8 Å². The predicted molar refractivity (Wildman–Crippen MR) is 139 cm³/mol. The number of H-pyrrole nitrogens is 1. The normalized spacial score (nSPS) is 12.7. The van der Waals surface area contributed by atoms with E-state index in [2.05, 4.69) is 33.5 Å². The third-order valence-corrected chi connectivity index (χ3v) is 7.70. The largest absolute Gasteiger partial charge is 0.351 e. The number of benzene rings is 2. The molecule has 6 rings (SSSR count). The molecule has 3 aromatic heterocycles. The Bertz CT molecular complexity index is 1670. The van der Waals surface area contributed by atoms with Crippen LogP contribution in [0.4, 0.5) is 4.39 Å². The molecule has 1 aliphatic heterocycles. The second kappa shape index (κ2) is 9.00. The van der Waals surface area contributed by atoms with E-state index < -0.39 is 0 Å². The van der Waals surface area contributed by atoms with Crippen molar-refractivity contribution < 1.29 is 9.18 Å². The first kappa shape index (κ1) is 22.6. The fraction of sp³-hybridized carbons (Fsp3) is 0.154. The summed E-state index contributed by atoms with van der Waals surface area (Å²) in [7, 11) is 0. The maximum Gasteiger partial charge on any atom is 0.268 e. The highest BCUT2D eigenvalue weighted by Crippen LogP contribution is 2.34. The third-order valence-electron chi connectivity index (χ3n) is 6.11. The molecule has 7 nitrogen and oxygen atoms in total. The Kier molecular flexibility index (Phi) is 5.66. The molecular formula is C26H20ClFN6OS. The first-order chi connectivity index (χ1) is 17.5. The molecule has 0 unspecified atom stereocenters. The Balaban J connectivity index is 1.33. The average molecular weight is 519 g/mol. The molecule has 0 saturated heterocycles. The zero-order valence-electron chi connectivity index (χ0n) is 19.2. The summed E-state index contributed by atoms with van der Waals surface area (Å²) in [6.07, 6.45) is 0.873. The summed E-state index contributed by atoms with van der Waals surface area (Å²) in [6, 6.07) is 15.8. The SMILES string of the molecule is CCc1cc2c(s1)-n1c(nnc1CNC(=O)c1cc3cc(F)ccc3[nH]1)CN=C2c1ccccc1Cl. The van der Waals surface area contributed by atoms with Gasteiger partial charge < -0.3 is 10.3 Å². The lowest BCUT2D eigenvalue weighted by atomic mass is 10.0. The second-order valence-corrected chi connectivity index (χ2v) is 9.92. The number of nitrogens with zero attached hydrogens (tertiary/aromatic N) is 4. The average Bonchev–Trinajstić information content (AvgIpc) is 3.58. The lowest BCUT2D eigenvalue weighted by molar-refractivity contribution is 0.0945. The van der Waals surface area contributed by atoms with E-state index in [0.717, 1.165) is 28.3 Å². The number of thiophene rings is 1. The summed E-state index contributed by atoms with van der Waals surface area (Å²) >= 11 is 8.19. The maximum absolute atomic E-state index is 13.5. The lowest BCUT2D eigenvalue weighted by Crippen LogP contribution is -2.25. The number of rotatable bonds is 5. The summed E-state index contributed by atoms with van der Waals surface area (Å²) in [6.45, 7) is 2.60. The summed E-state index contributed by atoms with van der Waals surface area (Å²) in [5.41, 5.74) is 3.69. The number of amides is 1. The van der Waals surface area contributed by atoms with E-state index in [0.29, 0.717) is 39.8 Å². The van der Waals surface area contributed by atoms with Crippen LogP contribution in [0.5, 0.6) is 0 Å². The molecule has 0 spiro atoms. The molecule has 5 aromatic rings. The zero-order valence-corrected chi connectivity index (χ0v) is 20.8. The van der Waals surface area contributed by atoms with Crippen molar-refractivity contribution in [3.8, 4) is 5.00 Å². The van der Waals surface area contributed by atoms with Gasteiger partial charge in [0.05, 0.1) is 12.3 Å². The van der Waals surface area contributed by atoms with Crippen molar-refractivity contribution in [2.75, 3.05) is 0 Å². The van der Waals surface area contributed by atoms with Crippen LogP contribution < -0.4 is 5.32 Å². The van der Waals surface area contributed by atoms with Gasteiger partial charge in [-0.2, -0.15) is 0 Å². The topological polar surface area (TPSA) is 88.0 Å². The van der Waals surface area contributed by atoms with Gasteiger partial charge in [0.25, 0.3) is 5.91 Å². The quantitative estimate of drug-likeness (QED) is 0.324. The molecule has 0 bridgehead atoms. The Morgan fingerprint density at radius 2 is 2.03 bits per heavy atom. The molecule has 0 radical (unpaired) electrons. The lowest BCUT2D eigenvalue weighted by Gasteiger charge is -2.10. The first-order valence-electron chi connectivity index (χ1n) is 11.4. The van der Waals surface area contributed by atoms with Crippen molar-refractivity contribution in [1.82, 2.24) is 25.1 Å². The minimum Gasteiger partial charge on any atom is -0.351 e. The van der Waals surface area contributed by atoms with Crippen molar-refractivity contribution in [3.05, 3.63) is 98.8 Å². The summed E-state index contributed by atoms with van der Waals surface area (Å²) in [4.78, 5) is 22.0. The van der Waals surface area contributed by atoms with E-state index in [-0.39, 0.29) is 18.3 Å². The zero-order chi connectivity index (χ0) is 24.8. The molecule has 0 saturated carbocycles. The van der Waals surface area contributed by atoms with E-state index in [9.17, 15) is 9.18 Å².